The molecule has 2 atom stereocenters. The van der Waals surface area contributed by atoms with Crippen LogP contribution in [0.5, 0.6) is 0 Å². The zero-order chi connectivity index (χ0) is 9.80. The number of rotatable bonds is 4. The molecule has 0 spiro atoms. The first kappa shape index (κ1) is 10.0. The fourth-order valence-electron chi connectivity index (χ4n) is 1.79. The van der Waals surface area contributed by atoms with E-state index in [1.54, 1.807) is 11.3 Å². The summed E-state index contributed by atoms with van der Waals surface area (Å²) in [5, 5.41) is 0. The summed E-state index contributed by atoms with van der Waals surface area (Å²) in [6, 6.07) is 0.318. The summed E-state index contributed by atoms with van der Waals surface area (Å²) in [7, 11) is 0. The number of aromatic nitrogens is 1. The highest BCUT2D eigenvalue weighted by molar-refractivity contribution is 7.09. The number of nitrogens with one attached hydrogen (secondary N) is 1. The number of hydrogen-bond donors (Lipinski definition) is 2. The first-order valence-electron chi connectivity index (χ1n) is 4.81. The van der Waals surface area contributed by atoms with E-state index in [0.29, 0.717) is 12.0 Å². The zero-order valence-electron chi connectivity index (χ0n) is 7.98. The van der Waals surface area contributed by atoms with E-state index in [1.165, 1.54) is 4.88 Å². The Morgan fingerprint density at radius 2 is 2.71 bits per heavy atom. The van der Waals surface area contributed by atoms with Crippen molar-refractivity contribution in [1.82, 2.24) is 10.4 Å². The van der Waals surface area contributed by atoms with Crippen molar-refractivity contribution in [3.8, 4) is 0 Å². The molecule has 1 saturated heterocycles. The van der Waals surface area contributed by atoms with Crippen LogP contribution in [0.15, 0.2) is 11.7 Å². The van der Waals surface area contributed by atoms with Crippen LogP contribution < -0.4 is 11.3 Å². The van der Waals surface area contributed by atoms with Gasteiger partial charge in [0.05, 0.1) is 12.1 Å². The highest BCUT2D eigenvalue weighted by atomic mass is 32.1. The molecule has 1 aliphatic rings. The molecule has 0 amide bonds. The quantitative estimate of drug-likeness (QED) is 0.566. The van der Waals surface area contributed by atoms with Crippen molar-refractivity contribution < 1.29 is 4.74 Å². The Morgan fingerprint density at radius 3 is 3.29 bits per heavy atom. The fraction of sp³-hybridized carbons (Fsp3) is 0.667. The Balaban J connectivity index is 1.92. The third-order valence-corrected chi connectivity index (χ3v) is 3.45. The van der Waals surface area contributed by atoms with E-state index in [0.717, 1.165) is 26.1 Å². The van der Waals surface area contributed by atoms with Crippen LogP contribution in [0.4, 0.5) is 0 Å². The van der Waals surface area contributed by atoms with Gasteiger partial charge in [-0.1, -0.05) is 0 Å². The zero-order valence-corrected chi connectivity index (χ0v) is 8.80. The number of nitrogens with zero attached hydrogens (tertiary/aromatic N) is 1. The second-order valence-corrected chi connectivity index (χ2v) is 4.54. The molecule has 3 N–H and O–H groups in total. The summed E-state index contributed by atoms with van der Waals surface area (Å²) >= 11 is 1.68. The lowest BCUT2D eigenvalue weighted by Crippen LogP contribution is -2.42. The number of hydrogen-bond acceptors (Lipinski definition) is 5. The highest BCUT2D eigenvalue weighted by Crippen LogP contribution is 2.20. The van der Waals surface area contributed by atoms with Crippen LogP contribution in [0, 0.1) is 5.92 Å². The molecule has 0 saturated carbocycles. The van der Waals surface area contributed by atoms with E-state index in [9.17, 15) is 0 Å². The third kappa shape index (κ3) is 2.30. The molecular weight excluding hydrogens is 198 g/mol. The minimum absolute atomic E-state index is 0.318. The maximum atomic E-state index is 5.55. The predicted molar refractivity (Wildman–Crippen MR) is 55.9 cm³/mol. The average molecular weight is 213 g/mol. The summed E-state index contributed by atoms with van der Waals surface area (Å²) < 4.78 is 5.35. The van der Waals surface area contributed by atoms with E-state index in [-0.39, 0.29) is 0 Å². The molecule has 2 unspecified atom stereocenters. The Morgan fingerprint density at radius 1 is 1.79 bits per heavy atom. The molecule has 0 bridgehead atoms. The summed E-state index contributed by atoms with van der Waals surface area (Å²) in [5.74, 6) is 6.09. The summed E-state index contributed by atoms with van der Waals surface area (Å²) in [4.78, 5) is 5.33. The molecule has 1 aliphatic heterocycles. The second kappa shape index (κ2) is 4.84. The maximum absolute atomic E-state index is 5.55. The van der Waals surface area contributed by atoms with Crippen molar-refractivity contribution in [2.75, 3.05) is 13.2 Å². The van der Waals surface area contributed by atoms with Gasteiger partial charge in [0.2, 0.25) is 0 Å². The molecule has 2 heterocycles. The highest BCUT2D eigenvalue weighted by Gasteiger charge is 2.25. The van der Waals surface area contributed by atoms with Gasteiger partial charge in [-0.05, 0) is 6.42 Å². The van der Waals surface area contributed by atoms with Crippen molar-refractivity contribution in [2.24, 2.45) is 11.8 Å². The Hall–Kier alpha value is -0.490. The lowest BCUT2D eigenvalue weighted by Gasteiger charge is -2.20. The monoisotopic (exact) mass is 213 g/mol. The van der Waals surface area contributed by atoms with Gasteiger partial charge >= 0.3 is 0 Å². The van der Waals surface area contributed by atoms with E-state index >= 15 is 0 Å². The molecule has 2 rings (SSSR count). The van der Waals surface area contributed by atoms with Gasteiger partial charge in [-0.15, -0.1) is 11.3 Å². The minimum atomic E-state index is 0.318. The Kier molecular flexibility index (Phi) is 3.47. The van der Waals surface area contributed by atoms with Gasteiger partial charge in [0.1, 0.15) is 0 Å². The van der Waals surface area contributed by atoms with Gasteiger partial charge in [-0.2, -0.15) is 0 Å². The van der Waals surface area contributed by atoms with Gasteiger partial charge in [0.25, 0.3) is 0 Å². The van der Waals surface area contributed by atoms with Crippen molar-refractivity contribution in [3.05, 3.63) is 16.6 Å². The van der Waals surface area contributed by atoms with Crippen LogP contribution in [0.2, 0.25) is 0 Å². The molecule has 4 nitrogen and oxygen atoms in total. The SMILES string of the molecule is NNC(Cc1cncs1)C1CCOC1. The third-order valence-electron chi connectivity index (χ3n) is 2.65. The molecule has 1 aromatic heterocycles. The van der Waals surface area contributed by atoms with Crippen LogP contribution in [0.1, 0.15) is 11.3 Å². The second-order valence-electron chi connectivity index (χ2n) is 3.57. The molecule has 78 valence electrons. The van der Waals surface area contributed by atoms with Gasteiger partial charge in [0.15, 0.2) is 0 Å². The average Bonchev–Trinajstić information content (AvgIpc) is 2.86. The van der Waals surface area contributed by atoms with Crippen LogP contribution >= 0.6 is 11.3 Å². The first-order chi connectivity index (χ1) is 6.90. The van der Waals surface area contributed by atoms with E-state index in [4.69, 9.17) is 10.6 Å². The predicted octanol–water partition coefficient (Wildman–Crippen LogP) is 0.554. The molecule has 14 heavy (non-hydrogen) atoms. The molecule has 1 fully saturated rings. The van der Waals surface area contributed by atoms with Gasteiger partial charge < -0.3 is 4.74 Å². The van der Waals surface area contributed by atoms with E-state index in [2.05, 4.69) is 10.4 Å². The summed E-state index contributed by atoms with van der Waals surface area (Å²) in [5.41, 5.74) is 4.74. The normalized spacial score (nSPS) is 23.9. The lowest BCUT2D eigenvalue weighted by molar-refractivity contribution is 0.176. The first-order valence-corrected chi connectivity index (χ1v) is 5.69. The van der Waals surface area contributed by atoms with Crippen molar-refractivity contribution >= 4 is 11.3 Å². The lowest BCUT2D eigenvalue weighted by atomic mass is 9.96. The Labute approximate surface area is 87.4 Å². The number of thiazole rings is 1. The molecule has 0 radical (unpaired) electrons. The van der Waals surface area contributed by atoms with Crippen LogP contribution in [0.3, 0.4) is 0 Å². The number of hydrazine groups is 1. The summed E-state index contributed by atoms with van der Waals surface area (Å²) in [6.45, 7) is 1.69. The molecular formula is C9H15N3OS. The molecule has 0 aliphatic carbocycles. The van der Waals surface area contributed by atoms with Crippen LogP contribution in [-0.4, -0.2) is 24.2 Å². The standard InChI is InChI=1S/C9H15N3OS/c10-12-9(7-1-2-13-5-7)3-8-4-11-6-14-8/h4,6-7,9,12H,1-3,5,10H2. The van der Waals surface area contributed by atoms with E-state index in [1.807, 2.05) is 11.7 Å². The van der Waals surface area contributed by atoms with Crippen LogP contribution in [0.25, 0.3) is 0 Å². The molecule has 5 heteroatoms. The molecule has 1 aromatic rings. The smallest absolute Gasteiger partial charge is 0.0794 e. The Bertz CT molecular complexity index is 259. The van der Waals surface area contributed by atoms with Gasteiger partial charge in [-0.25, -0.2) is 0 Å². The summed E-state index contributed by atoms with van der Waals surface area (Å²) in [6.07, 6.45) is 3.97. The topological polar surface area (TPSA) is 60.2 Å². The number of ether oxygens (including phenoxy) is 1. The fourth-order valence-corrected chi connectivity index (χ4v) is 2.45. The maximum Gasteiger partial charge on any atom is 0.0794 e. The van der Waals surface area contributed by atoms with Gasteiger partial charge in [0, 0.05) is 36.1 Å². The van der Waals surface area contributed by atoms with E-state index < -0.39 is 0 Å². The molecule has 0 aromatic carbocycles. The largest absolute Gasteiger partial charge is 0.381 e. The number of nitrogens with two attached hydrogens (primary N) is 1. The van der Waals surface area contributed by atoms with Crippen molar-refractivity contribution in [2.45, 2.75) is 18.9 Å². The van der Waals surface area contributed by atoms with Gasteiger partial charge in [-0.3, -0.25) is 16.3 Å². The van der Waals surface area contributed by atoms with Crippen molar-refractivity contribution in [3.63, 3.8) is 0 Å². The van der Waals surface area contributed by atoms with Crippen molar-refractivity contribution in [1.29, 1.82) is 0 Å². The minimum Gasteiger partial charge on any atom is -0.381 e. The van der Waals surface area contributed by atoms with Crippen LogP contribution in [-0.2, 0) is 11.2 Å².